The molecule has 0 aliphatic heterocycles. The molecule has 3 nitrogen and oxygen atoms in total. The van der Waals surface area contributed by atoms with Gasteiger partial charge in [0.2, 0.25) is 0 Å². The molecule has 1 heterocycles. The third-order valence-corrected chi connectivity index (χ3v) is 2.66. The monoisotopic (exact) mass is 208 g/mol. The summed E-state index contributed by atoms with van der Waals surface area (Å²) in [5.41, 5.74) is 1.19. The summed E-state index contributed by atoms with van der Waals surface area (Å²) in [6.07, 6.45) is 3.61. The molecule has 0 saturated heterocycles. The molecule has 15 heavy (non-hydrogen) atoms. The molecule has 0 radical (unpaired) electrons. The standard InChI is InChI=1S/C12H20N2O/c1-12(2,14(3)4)10-15-9-11-6-5-7-13-8-11/h5-8H,9-10H2,1-4H3. The first-order valence-electron chi connectivity index (χ1n) is 5.16. The summed E-state index contributed by atoms with van der Waals surface area (Å²) < 4.78 is 5.66. The maximum Gasteiger partial charge on any atom is 0.0732 e. The zero-order valence-electron chi connectivity index (χ0n) is 10.0. The van der Waals surface area contributed by atoms with Gasteiger partial charge in [-0.25, -0.2) is 0 Å². The van der Waals surface area contributed by atoms with Gasteiger partial charge in [-0.1, -0.05) is 6.07 Å². The van der Waals surface area contributed by atoms with Crippen LogP contribution in [0.5, 0.6) is 0 Å². The number of pyridine rings is 1. The van der Waals surface area contributed by atoms with Crippen LogP contribution < -0.4 is 0 Å². The Morgan fingerprint density at radius 3 is 2.67 bits per heavy atom. The Labute approximate surface area is 92.1 Å². The second kappa shape index (κ2) is 5.24. The van der Waals surface area contributed by atoms with E-state index in [-0.39, 0.29) is 5.54 Å². The fourth-order valence-electron chi connectivity index (χ4n) is 1.03. The van der Waals surface area contributed by atoms with Gasteiger partial charge in [0.05, 0.1) is 13.2 Å². The van der Waals surface area contributed by atoms with E-state index < -0.39 is 0 Å². The van der Waals surface area contributed by atoms with E-state index >= 15 is 0 Å². The number of likely N-dealkylation sites (N-methyl/N-ethyl adjacent to an activating group) is 1. The summed E-state index contributed by atoms with van der Waals surface area (Å²) in [7, 11) is 4.13. The quantitative estimate of drug-likeness (QED) is 0.739. The van der Waals surface area contributed by atoms with Gasteiger partial charge in [0.1, 0.15) is 0 Å². The van der Waals surface area contributed by atoms with Gasteiger partial charge < -0.3 is 9.64 Å². The minimum atomic E-state index is 0.0716. The van der Waals surface area contributed by atoms with Crippen LogP contribution >= 0.6 is 0 Å². The molecule has 0 fully saturated rings. The highest BCUT2D eigenvalue weighted by Gasteiger charge is 2.20. The van der Waals surface area contributed by atoms with Crippen LogP contribution in [0.25, 0.3) is 0 Å². The van der Waals surface area contributed by atoms with E-state index in [9.17, 15) is 0 Å². The van der Waals surface area contributed by atoms with E-state index in [1.54, 1.807) is 6.20 Å². The smallest absolute Gasteiger partial charge is 0.0732 e. The molecule has 0 saturated carbocycles. The average Bonchev–Trinajstić information content (AvgIpc) is 2.19. The fourth-order valence-corrected chi connectivity index (χ4v) is 1.03. The minimum absolute atomic E-state index is 0.0716. The van der Waals surface area contributed by atoms with Crippen LogP contribution in [0.1, 0.15) is 19.4 Å². The Kier molecular flexibility index (Phi) is 4.24. The third-order valence-electron chi connectivity index (χ3n) is 2.66. The summed E-state index contributed by atoms with van der Waals surface area (Å²) in [5.74, 6) is 0. The number of nitrogens with zero attached hydrogens (tertiary/aromatic N) is 2. The van der Waals surface area contributed by atoms with Gasteiger partial charge >= 0.3 is 0 Å². The van der Waals surface area contributed by atoms with Gasteiger partial charge in [-0.3, -0.25) is 4.98 Å². The highest BCUT2D eigenvalue weighted by atomic mass is 16.5. The molecule has 3 heteroatoms. The Hall–Kier alpha value is -0.930. The van der Waals surface area contributed by atoms with Crippen molar-refractivity contribution in [3.05, 3.63) is 30.1 Å². The molecule has 0 aromatic carbocycles. The second-order valence-electron chi connectivity index (χ2n) is 4.56. The Morgan fingerprint density at radius 2 is 2.13 bits per heavy atom. The lowest BCUT2D eigenvalue weighted by Crippen LogP contribution is -2.42. The lowest BCUT2D eigenvalue weighted by atomic mass is 10.1. The molecule has 0 aliphatic carbocycles. The lowest BCUT2D eigenvalue weighted by Gasteiger charge is -2.32. The maximum absolute atomic E-state index is 5.66. The van der Waals surface area contributed by atoms with E-state index in [1.165, 1.54) is 0 Å². The first-order valence-corrected chi connectivity index (χ1v) is 5.16. The van der Waals surface area contributed by atoms with Crippen molar-refractivity contribution in [3.63, 3.8) is 0 Å². The molecule has 0 spiro atoms. The molecule has 0 bridgehead atoms. The first-order chi connectivity index (χ1) is 7.02. The average molecular weight is 208 g/mol. The van der Waals surface area contributed by atoms with Crippen molar-refractivity contribution in [1.82, 2.24) is 9.88 Å². The van der Waals surface area contributed by atoms with Crippen molar-refractivity contribution in [2.45, 2.75) is 26.0 Å². The molecule has 1 aromatic rings. The van der Waals surface area contributed by atoms with Crippen LogP contribution in [-0.4, -0.2) is 36.1 Å². The molecule has 0 N–H and O–H groups in total. The van der Waals surface area contributed by atoms with Crippen molar-refractivity contribution >= 4 is 0 Å². The molecule has 0 amide bonds. The predicted molar refractivity (Wildman–Crippen MR) is 61.7 cm³/mol. The third kappa shape index (κ3) is 3.98. The van der Waals surface area contributed by atoms with Crippen LogP contribution in [-0.2, 0) is 11.3 Å². The zero-order chi connectivity index (χ0) is 11.3. The van der Waals surface area contributed by atoms with Crippen LogP contribution in [0.3, 0.4) is 0 Å². The number of rotatable bonds is 5. The molecule has 84 valence electrons. The molecular weight excluding hydrogens is 188 g/mol. The summed E-state index contributed by atoms with van der Waals surface area (Å²) in [5, 5.41) is 0. The SMILES string of the molecule is CN(C)C(C)(C)COCc1cccnc1. The van der Waals surface area contributed by atoms with Gasteiger partial charge in [-0.15, -0.1) is 0 Å². The maximum atomic E-state index is 5.66. The largest absolute Gasteiger partial charge is 0.375 e. The van der Waals surface area contributed by atoms with E-state index in [4.69, 9.17) is 4.74 Å². The van der Waals surface area contributed by atoms with E-state index in [2.05, 4.69) is 37.8 Å². The topological polar surface area (TPSA) is 25.4 Å². The normalized spacial score (nSPS) is 12.1. The van der Waals surface area contributed by atoms with Gasteiger partial charge in [0, 0.05) is 17.9 Å². The predicted octanol–water partition coefficient (Wildman–Crippen LogP) is 1.94. The molecule has 1 rings (SSSR count). The van der Waals surface area contributed by atoms with Gasteiger partial charge in [-0.05, 0) is 39.6 Å². The molecular formula is C12H20N2O. The first kappa shape index (κ1) is 12.1. The van der Waals surface area contributed by atoms with E-state index in [0.717, 1.165) is 12.2 Å². The van der Waals surface area contributed by atoms with Gasteiger partial charge in [-0.2, -0.15) is 0 Å². The highest BCUT2D eigenvalue weighted by molar-refractivity contribution is 5.06. The Balaban J connectivity index is 2.34. The summed E-state index contributed by atoms with van der Waals surface area (Å²) in [6, 6.07) is 3.95. The summed E-state index contributed by atoms with van der Waals surface area (Å²) in [6.45, 7) is 5.67. The molecule has 0 aliphatic rings. The van der Waals surface area contributed by atoms with Crippen molar-refractivity contribution in [1.29, 1.82) is 0 Å². The van der Waals surface area contributed by atoms with E-state index in [0.29, 0.717) is 6.61 Å². The zero-order valence-corrected chi connectivity index (χ0v) is 10.0. The minimum Gasteiger partial charge on any atom is -0.375 e. The Bertz CT molecular complexity index is 283. The van der Waals surface area contributed by atoms with Gasteiger partial charge in [0.25, 0.3) is 0 Å². The van der Waals surface area contributed by atoms with Crippen LogP contribution in [0, 0.1) is 0 Å². The fraction of sp³-hybridized carbons (Fsp3) is 0.583. The summed E-state index contributed by atoms with van der Waals surface area (Å²) in [4.78, 5) is 6.21. The van der Waals surface area contributed by atoms with Crippen molar-refractivity contribution < 1.29 is 4.74 Å². The van der Waals surface area contributed by atoms with Crippen molar-refractivity contribution in [2.75, 3.05) is 20.7 Å². The lowest BCUT2D eigenvalue weighted by molar-refractivity contribution is 0.0274. The van der Waals surface area contributed by atoms with Crippen LogP contribution in [0.2, 0.25) is 0 Å². The van der Waals surface area contributed by atoms with Crippen molar-refractivity contribution in [2.24, 2.45) is 0 Å². The highest BCUT2D eigenvalue weighted by Crippen LogP contribution is 2.11. The van der Waals surface area contributed by atoms with Crippen LogP contribution in [0.15, 0.2) is 24.5 Å². The second-order valence-corrected chi connectivity index (χ2v) is 4.56. The van der Waals surface area contributed by atoms with E-state index in [1.807, 2.05) is 18.3 Å². The van der Waals surface area contributed by atoms with Crippen molar-refractivity contribution in [3.8, 4) is 0 Å². The molecule has 1 aromatic heterocycles. The molecule has 0 atom stereocenters. The summed E-state index contributed by atoms with van der Waals surface area (Å²) >= 11 is 0. The Morgan fingerprint density at radius 1 is 1.40 bits per heavy atom. The van der Waals surface area contributed by atoms with Crippen LogP contribution in [0.4, 0.5) is 0 Å². The number of hydrogen-bond donors (Lipinski definition) is 0. The number of ether oxygens (including phenoxy) is 1. The number of hydrogen-bond acceptors (Lipinski definition) is 3. The van der Waals surface area contributed by atoms with Gasteiger partial charge in [0.15, 0.2) is 0 Å². The number of aromatic nitrogens is 1. The molecule has 0 unspecified atom stereocenters.